The van der Waals surface area contributed by atoms with Gasteiger partial charge in [0.15, 0.2) is 4.99 Å². The summed E-state index contributed by atoms with van der Waals surface area (Å²) in [5.41, 5.74) is 8.04. The first kappa shape index (κ1) is 10.7. The lowest BCUT2D eigenvalue weighted by Gasteiger charge is -2.06. The maximum Gasteiger partial charge on any atom is 0.276 e. The van der Waals surface area contributed by atoms with E-state index in [1.807, 2.05) is 32.0 Å². The Labute approximate surface area is 88.3 Å². The molecule has 14 heavy (non-hydrogen) atoms. The second-order valence-corrected chi connectivity index (χ2v) is 3.60. The van der Waals surface area contributed by atoms with E-state index in [0.717, 1.165) is 16.8 Å². The maximum atomic E-state index is 10.7. The van der Waals surface area contributed by atoms with Gasteiger partial charge in [-0.2, -0.15) is 0 Å². The Morgan fingerprint density at radius 1 is 1.29 bits per heavy atom. The van der Waals surface area contributed by atoms with Gasteiger partial charge in [-0.3, -0.25) is 4.79 Å². The van der Waals surface area contributed by atoms with Gasteiger partial charge in [0.1, 0.15) is 0 Å². The van der Waals surface area contributed by atoms with Gasteiger partial charge in [0.05, 0.1) is 0 Å². The van der Waals surface area contributed by atoms with E-state index in [4.69, 9.17) is 18.0 Å². The molecule has 0 aliphatic carbocycles. The highest BCUT2D eigenvalue weighted by Gasteiger charge is 2.04. The van der Waals surface area contributed by atoms with E-state index in [2.05, 4.69) is 5.32 Å². The smallest absolute Gasteiger partial charge is 0.276 e. The van der Waals surface area contributed by atoms with Crippen LogP contribution in [-0.2, 0) is 4.79 Å². The zero-order valence-electron chi connectivity index (χ0n) is 8.13. The molecule has 1 aromatic carbocycles. The van der Waals surface area contributed by atoms with Gasteiger partial charge in [-0.1, -0.05) is 18.3 Å². The molecule has 0 aliphatic heterocycles. The first-order chi connectivity index (χ1) is 6.49. The molecule has 0 radical (unpaired) electrons. The highest BCUT2D eigenvalue weighted by molar-refractivity contribution is 7.82. The van der Waals surface area contributed by atoms with Crippen LogP contribution in [0.2, 0.25) is 0 Å². The number of thiocarbonyl (C=S) groups is 1. The van der Waals surface area contributed by atoms with Gasteiger partial charge < -0.3 is 11.1 Å². The largest absolute Gasteiger partial charge is 0.364 e. The summed E-state index contributed by atoms with van der Waals surface area (Å²) in [5, 5.41) is 2.78. The molecule has 0 saturated carbocycles. The summed E-state index contributed by atoms with van der Waals surface area (Å²) in [4.78, 5) is 10.7. The van der Waals surface area contributed by atoms with E-state index < -0.39 is 5.91 Å². The van der Waals surface area contributed by atoms with Crippen molar-refractivity contribution in [3.63, 3.8) is 0 Å². The van der Waals surface area contributed by atoms with Crippen LogP contribution in [0.4, 0.5) is 5.69 Å². The van der Waals surface area contributed by atoms with Crippen LogP contribution in [0.15, 0.2) is 18.2 Å². The Morgan fingerprint density at radius 2 is 1.79 bits per heavy atom. The fourth-order valence-electron chi connectivity index (χ4n) is 1.24. The van der Waals surface area contributed by atoms with Crippen molar-refractivity contribution in [1.29, 1.82) is 0 Å². The average Bonchev–Trinajstić information content (AvgIpc) is 2.01. The maximum absolute atomic E-state index is 10.7. The summed E-state index contributed by atoms with van der Waals surface area (Å²) in [6, 6.07) is 5.85. The lowest BCUT2D eigenvalue weighted by Crippen LogP contribution is -2.27. The quantitative estimate of drug-likeness (QED) is 0.688. The van der Waals surface area contributed by atoms with Crippen molar-refractivity contribution in [2.24, 2.45) is 5.73 Å². The molecule has 0 aromatic heterocycles. The van der Waals surface area contributed by atoms with Crippen molar-refractivity contribution >= 4 is 28.8 Å². The van der Waals surface area contributed by atoms with Crippen LogP contribution in [-0.4, -0.2) is 10.9 Å². The van der Waals surface area contributed by atoms with Crippen LogP contribution < -0.4 is 11.1 Å². The molecule has 0 saturated heterocycles. The third-order valence-corrected chi connectivity index (χ3v) is 2.01. The van der Waals surface area contributed by atoms with Crippen LogP contribution in [0.25, 0.3) is 0 Å². The number of anilines is 1. The molecule has 0 atom stereocenters. The summed E-state index contributed by atoms with van der Waals surface area (Å²) in [5.74, 6) is -0.612. The molecule has 0 aliphatic rings. The lowest BCUT2D eigenvalue weighted by molar-refractivity contribution is -0.111. The molecule has 0 bridgehead atoms. The van der Waals surface area contributed by atoms with Crippen molar-refractivity contribution in [2.45, 2.75) is 13.8 Å². The summed E-state index contributed by atoms with van der Waals surface area (Å²) in [6.07, 6.45) is 0. The van der Waals surface area contributed by atoms with Crippen molar-refractivity contribution < 1.29 is 4.79 Å². The van der Waals surface area contributed by atoms with E-state index in [0.29, 0.717) is 0 Å². The number of hydrogen-bond acceptors (Lipinski definition) is 2. The fourth-order valence-corrected chi connectivity index (χ4v) is 1.36. The van der Waals surface area contributed by atoms with Gasteiger partial charge in [-0.15, -0.1) is 0 Å². The topological polar surface area (TPSA) is 55.1 Å². The lowest BCUT2D eigenvalue weighted by atomic mass is 10.1. The number of benzene rings is 1. The molecule has 74 valence electrons. The monoisotopic (exact) mass is 208 g/mol. The molecule has 0 unspecified atom stereocenters. The minimum absolute atomic E-state index is 0.0370. The molecule has 3 N–H and O–H groups in total. The number of primary amides is 1. The van der Waals surface area contributed by atoms with Crippen molar-refractivity contribution in [1.82, 2.24) is 0 Å². The number of amides is 1. The standard InChI is InChI=1S/C10H12N2OS/c1-6-3-7(2)5-8(4-6)12-10(14)9(11)13/h3-5H,1-2H3,(H2,11,13)(H,12,14). The Hall–Kier alpha value is -1.42. The third-order valence-electron chi connectivity index (χ3n) is 1.70. The number of nitrogens with one attached hydrogen (secondary N) is 1. The molecule has 4 heteroatoms. The zero-order chi connectivity index (χ0) is 10.7. The van der Waals surface area contributed by atoms with Gasteiger partial charge in [0.2, 0.25) is 0 Å². The highest BCUT2D eigenvalue weighted by Crippen LogP contribution is 2.13. The molecule has 0 spiro atoms. The summed E-state index contributed by atoms with van der Waals surface area (Å²) in [6.45, 7) is 3.96. The molecule has 0 fully saturated rings. The van der Waals surface area contributed by atoms with Crippen LogP contribution in [0, 0.1) is 13.8 Å². The Morgan fingerprint density at radius 3 is 2.21 bits per heavy atom. The summed E-state index contributed by atoms with van der Waals surface area (Å²) >= 11 is 4.76. The average molecular weight is 208 g/mol. The Kier molecular flexibility index (Phi) is 3.19. The van der Waals surface area contributed by atoms with Crippen molar-refractivity contribution in [3.8, 4) is 0 Å². The summed E-state index contributed by atoms with van der Waals surface area (Å²) in [7, 11) is 0. The van der Waals surface area contributed by atoms with Crippen LogP contribution in [0.3, 0.4) is 0 Å². The second-order valence-electron chi connectivity index (χ2n) is 3.19. The molecule has 1 rings (SSSR count). The van der Waals surface area contributed by atoms with Gasteiger partial charge in [0, 0.05) is 5.69 Å². The first-order valence-electron chi connectivity index (χ1n) is 4.18. The van der Waals surface area contributed by atoms with E-state index in [1.54, 1.807) is 0 Å². The number of rotatable bonds is 1. The van der Waals surface area contributed by atoms with Crippen LogP contribution >= 0.6 is 12.2 Å². The van der Waals surface area contributed by atoms with Crippen molar-refractivity contribution in [2.75, 3.05) is 5.32 Å². The zero-order valence-corrected chi connectivity index (χ0v) is 8.94. The highest BCUT2D eigenvalue weighted by atomic mass is 32.1. The van der Waals surface area contributed by atoms with E-state index in [-0.39, 0.29) is 4.99 Å². The van der Waals surface area contributed by atoms with E-state index in [1.165, 1.54) is 0 Å². The normalized spacial score (nSPS) is 9.57. The minimum Gasteiger partial charge on any atom is -0.364 e. The number of hydrogen-bond donors (Lipinski definition) is 2. The third kappa shape index (κ3) is 2.81. The van der Waals surface area contributed by atoms with Crippen LogP contribution in [0.1, 0.15) is 11.1 Å². The first-order valence-corrected chi connectivity index (χ1v) is 4.59. The molecule has 1 aromatic rings. The number of carbonyl (C=O) groups is 1. The molecular formula is C10H12N2OS. The molecular weight excluding hydrogens is 196 g/mol. The fraction of sp³-hybridized carbons (Fsp3) is 0.200. The SMILES string of the molecule is Cc1cc(C)cc(NC(=S)C(N)=O)c1. The molecule has 1 amide bonds. The Balaban J connectivity index is 2.87. The summed E-state index contributed by atoms with van der Waals surface area (Å²) < 4.78 is 0. The second kappa shape index (κ2) is 4.19. The van der Waals surface area contributed by atoms with Gasteiger partial charge >= 0.3 is 0 Å². The Bertz CT molecular complexity index is 367. The van der Waals surface area contributed by atoms with Gasteiger partial charge in [-0.05, 0) is 37.1 Å². The van der Waals surface area contributed by atoms with E-state index in [9.17, 15) is 4.79 Å². The van der Waals surface area contributed by atoms with Crippen LogP contribution in [0.5, 0.6) is 0 Å². The number of aryl methyl sites for hydroxylation is 2. The molecule has 3 nitrogen and oxygen atoms in total. The minimum atomic E-state index is -0.612. The van der Waals surface area contributed by atoms with E-state index >= 15 is 0 Å². The molecule has 0 heterocycles. The predicted molar refractivity (Wildman–Crippen MR) is 61.3 cm³/mol. The number of carbonyl (C=O) groups excluding carboxylic acids is 1. The number of nitrogens with two attached hydrogens (primary N) is 1. The van der Waals surface area contributed by atoms with Crippen molar-refractivity contribution in [3.05, 3.63) is 29.3 Å². The predicted octanol–water partition coefficient (Wildman–Crippen LogP) is 1.53. The van der Waals surface area contributed by atoms with Gasteiger partial charge in [-0.25, -0.2) is 0 Å². The van der Waals surface area contributed by atoms with Gasteiger partial charge in [0.25, 0.3) is 5.91 Å².